The van der Waals surface area contributed by atoms with Gasteiger partial charge in [-0.2, -0.15) is 0 Å². The maximum atomic E-state index is 12.6. The van der Waals surface area contributed by atoms with Crippen LogP contribution in [0.4, 0.5) is 0 Å². The molecule has 1 aromatic carbocycles. The number of sulfonamides is 1. The normalized spacial score (nSPS) is 21.1. The van der Waals surface area contributed by atoms with Crippen LogP contribution in [0.25, 0.3) is 0 Å². The third-order valence-electron chi connectivity index (χ3n) is 6.55. The highest BCUT2D eigenvalue weighted by Gasteiger charge is 2.38. The molecule has 0 unspecified atom stereocenters. The van der Waals surface area contributed by atoms with Gasteiger partial charge in [0.2, 0.25) is 15.9 Å². The molecule has 1 aliphatic carbocycles. The highest BCUT2D eigenvalue weighted by molar-refractivity contribution is 7.89. The van der Waals surface area contributed by atoms with Crippen LogP contribution in [-0.4, -0.2) is 77.4 Å². The van der Waals surface area contributed by atoms with E-state index in [2.05, 4.69) is 14.9 Å². The first-order chi connectivity index (χ1) is 15.5. The van der Waals surface area contributed by atoms with Crippen LogP contribution in [0.2, 0.25) is 0 Å². The molecule has 1 saturated carbocycles. The second-order valence-corrected chi connectivity index (χ2v) is 10.4. The summed E-state index contributed by atoms with van der Waals surface area (Å²) in [5.41, 5.74) is -0.0115. The van der Waals surface area contributed by atoms with Crippen molar-refractivity contribution in [3.63, 3.8) is 0 Å². The van der Waals surface area contributed by atoms with E-state index >= 15 is 0 Å². The largest absolute Gasteiger partial charge is 0.486 e. The van der Waals surface area contributed by atoms with Crippen molar-refractivity contribution < 1.29 is 27.4 Å². The Labute approximate surface area is 189 Å². The number of benzene rings is 1. The standard InChI is InChI=1S/C22H33N3O6S/c26-21(23-17-22(7-2-1-3-8-22)25-10-12-29-13-11-25)6-9-24-32(27,28)18-4-5-19-20(16-18)31-15-14-30-19/h4-5,16,24H,1-3,6-15,17H2,(H,23,26). The van der Waals surface area contributed by atoms with E-state index in [4.69, 9.17) is 14.2 Å². The van der Waals surface area contributed by atoms with E-state index in [9.17, 15) is 13.2 Å². The molecular weight excluding hydrogens is 434 g/mol. The Morgan fingerprint density at radius 2 is 1.72 bits per heavy atom. The minimum absolute atomic E-state index is 0.0115. The summed E-state index contributed by atoms with van der Waals surface area (Å²) in [4.78, 5) is 15.1. The van der Waals surface area contributed by atoms with Gasteiger partial charge in [-0.25, -0.2) is 13.1 Å². The second-order valence-electron chi connectivity index (χ2n) is 8.61. The topological polar surface area (TPSA) is 106 Å². The smallest absolute Gasteiger partial charge is 0.240 e. The van der Waals surface area contributed by atoms with Crippen molar-refractivity contribution >= 4 is 15.9 Å². The van der Waals surface area contributed by atoms with Gasteiger partial charge < -0.3 is 19.5 Å². The highest BCUT2D eigenvalue weighted by Crippen LogP contribution is 2.34. The number of hydrogen-bond acceptors (Lipinski definition) is 7. The van der Waals surface area contributed by atoms with Crippen molar-refractivity contribution in [1.29, 1.82) is 0 Å². The minimum Gasteiger partial charge on any atom is -0.486 e. The Morgan fingerprint density at radius 1 is 1.00 bits per heavy atom. The average molecular weight is 468 g/mol. The molecule has 1 aromatic rings. The van der Waals surface area contributed by atoms with E-state index < -0.39 is 10.0 Å². The lowest BCUT2D eigenvalue weighted by Crippen LogP contribution is -2.59. The Morgan fingerprint density at radius 3 is 2.47 bits per heavy atom. The summed E-state index contributed by atoms with van der Waals surface area (Å²) in [5, 5.41) is 3.06. The fraction of sp³-hybridized carbons (Fsp3) is 0.682. The summed E-state index contributed by atoms with van der Waals surface area (Å²) in [6.07, 6.45) is 5.81. The van der Waals surface area contributed by atoms with E-state index in [1.807, 2.05) is 0 Å². The predicted octanol–water partition coefficient (Wildman–Crippen LogP) is 1.28. The summed E-state index contributed by atoms with van der Waals surface area (Å²) in [5.74, 6) is 0.803. The van der Waals surface area contributed by atoms with E-state index in [1.54, 1.807) is 6.07 Å². The van der Waals surface area contributed by atoms with Gasteiger partial charge in [-0.05, 0) is 25.0 Å². The van der Waals surface area contributed by atoms with Crippen molar-refractivity contribution in [2.24, 2.45) is 0 Å². The van der Waals surface area contributed by atoms with Gasteiger partial charge in [-0.1, -0.05) is 19.3 Å². The molecule has 2 fully saturated rings. The Balaban J connectivity index is 1.28. The van der Waals surface area contributed by atoms with Gasteiger partial charge in [0.05, 0.1) is 18.1 Å². The van der Waals surface area contributed by atoms with E-state index in [0.29, 0.717) is 31.3 Å². The molecular formula is C22H33N3O6S. The molecule has 0 aromatic heterocycles. The van der Waals surface area contributed by atoms with Crippen LogP contribution in [-0.2, 0) is 19.6 Å². The fourth-order valence-electron chi connectivity index (χ4n) is 4.78. The minimum atomic E-state index is -3.74. The lowest BCUT2D eigenvalue weighted by Gasteiger charge is -2.48. The molecule has 2 aliphatic heterocycles. The third-order valence-corrected chi connectivity index (χ3v) is 8.01. The summed E-state index contributed by atoms with van der Waals surface area (Å²) < 4.78 is 44.1. The third kappa shape index (κ3) is 5.54. The maximum Gasteiger partial charge on any atom is 0.240 e. The number of nitrogens with one attached hydrogen (secondary N) is 2. The van der Waals surface area contributed by atoms with Gasteiger partial charge in [0.25, 0.3) is 0 Å². The number of rotatable bonds is 8. The quantitative estimate of drug-likeness (QED) is 0.593. The molecule has 9 nitrogen and oxygen atoms in total. The van der Waals surface area contributed by atoms with Crippen LogP contribution >= 0.6 is 0 Å². The number of carbonyl (C=O) groups excluding carboxylic acids is 1. The summed E-state index contributed by atoms with van der Waals surface area (Å²) in [6, 6.07) is 4.52. The van der Waals surface area contributed by atoms with Crippen molar-refractivity contribution in [2.75, 3.05) is 52.6 Å². The van der Waals surface area contributed by atoms with Crippen LogP contribution in [0.5, 0.6) is 11.5 Å². The van der Waals surface area contributed by atoms with Gasteiger partial charge in [-0.15, -0.1) is 0 Å². The van der Waals surface area contributed by atoms with Crippen LogP contribution in [0.15, 0.2) is 23.1 Å². The number of amides is 1. The summed E-state index contributed by atoms with van der Waals surface area (Å²) in [7, 11) is -3.74. The van der Waals surface area contributed by atoms with Gasteiger partial charge in [-0.3, -0.25) is 9.69 Å². The number of fused-ring (bicyclic) bond motifs is 1. The Kier molecular flexibility index (Phi) is 7.55. The number of ether oxygens (including phenoxy) is 3. The first kappa shape index (κ1) is 23.3. The summed E-state index contributed by atoms with van der Waals surface area (Å²) >= 11 is 0. The lowest BCUT2D eigenvalue weighted by molar-refractivity contribution is -0.122. The Bertz CT molecular complexity index is 895. The zero-order valence-electron chi connectivity index (χ0n) is 18.4. The molecule has 10 heteroatoms. The monoisotopic (exact) mass is 467 g/mol. The molecule has 0 bridgehead atoms. The molecule has 0 radical (unpaired) electrons. The highest BCUT2D eigenvalue weighted by atomic mass is 32.2. The molecule has 0 atom stereocenters. The van der Waals surface area contributed by atoms with Gasteiger partial charge in [0, 0.05) is 44.2 Å². The van der Waals surface area contributed by atoms with Gasteiger partial charge in [0.1, 0.15) is 13.2 Å². The molecule has 32 heavy (non-hydrogen) atoms. The first-order valence-electron chi connectivity index (χ1n) is 11.5. The Hall–Kier alpha value is -1.88. The predicted molar refractivity (Wildman–Crippen MR) is 118 cm³/mol. The SMILES string of the molecule is O=C(CCNS(=O)(=O)c1ccc2c(c1)OCCO2)NCC1(N2CCOCC2)CCCCC1. The second kappa shape index (κ2) is 10.4. The zero-order chi connectivity index (χ0) is 22.4. The van der Waals surface area contributed by atoms with Crippen LogP contribution in [0.3, 0.4) is 0 Å². The summed E-state index contributed by atoms with van der Waals surface area (Å²) in [6.45, 7) is 4.72. The van der Waals surface area contributed by atoms with E-state index in [-0.39, 0.29) is 29.3 Å². The molecule has 2 N–H and O–H groups in total. The number of hydrogen-bond donors (Lipinski definition) is 2. The maximum absolute atomic E-state index is 12.6. The number of morpholine rings is 1. The van der Waals surface area contributed by atoms with Crippen molar-refractivity contribution in [3.05, 3.63) is 18.2 Å². The van der Waals surface area contributed by atoms with E-state index in [0.717, 1.165) is 39.1 Å². The molecule has 178 valence electrons. The van der Waals surface area contributed by atoms with Crippen molar-refractivity contribution in [1.82, 2.24) is 14.9 Å². The van der Waals surface area contributed by atoms with Crippen molar-refractivity contribution in [3.8, 4) is 11.5 Å². The van der Waals surface area contributed by atoms with Crippen LogP contribution < -0.4 is 19.5 Å². The first-order valence-corrected chi connectivity index (χ1v) is 13.0. The number of nitrogens with zero attached hydrogens (tertiary/aromatic N) is 1. The van der Waals surface area contributed by atoms with Crippen molar-refractivity contribution in [2.45, 2.75) is 49.0 Å². The molecule has 1 amide bonds. The van der Waals surface area contributed by atoms with Crippen LogP contribution in [0, 0.1) is 0 Å². The van der Waals surface area contributed by atoms with Gasteiger partial charge >= 0.3 is 0 Å². The van der Waals surface area contributed by atoms with E-state index in [1.165, 1.54) is 31.4 Å². The molecule has 4 rings (SSSR count). The molecule has 1 saturated heterocycles. The lowest BCUT2D eigenvalue weighted by atomic mass is 9.79. The van der Waals surface area contributed by atoms with Crippen LogP contribution in [0.1, 0.15) is 38.5 Å². The molecule has 2 heterocycles. The van der Waals surface area contributed by atoms with Gasteiger partial charge in [0.15, 0.2) is 11.5 Å². The molecule has 3 aliphatic rings. The fourth-order valence-corrected chi connectivity index (χ4v) is 5.82. The molecule has 0 spiro atoms. The average Bonchev–Trinajstić information content (AvgIpc) is 2.83. The zero-order valence-corrected chi connectivity index (χ0v) is 19.3. The number of carbonyl (C=O) groups is 1.